The summed E-state index contributed by atoms with van der Waals surface area (Å²) in [4.78, 5) is 24.3. The molecule has 44 heavy (non-hydrogen) atoms. The van der Waals surface area contributed by atoms with Crippen molar-refractivity contribution in [3.63, 3.8) is 0 Å². The summed E-state index contributed by atoms with van der Waals surface area (Å²) in [5.74, 6) is -0.661. The molecule has 2 rings (SSSR count). The van der Waals surface area contributed by atoms with Gasteiger partial charge in [0.1, 0.15) is 48.7 Å². The summed E-state index contributed by atoms with van der Waals surface area (Å²) in [6.07, 6.45) is 4.15. The molecular weight excluding hydrogens is 580 g/mol. The lowest BCUT2D eigenvalue weighted by atomic mass is 9.97. The first-order valence-electron chi connectivity index (χ1n) is 16.3. The van der Waals surface area contributed by atoms with Gasteiger partial charge in [0.25, 0.3) is 0 Å². The van der Waals surface area contributed by atoms with Crippen molar-refractivity contribution in [1.29, 1.82) is 0 Å². The lowest BCUT2D eigenvalue weighted by molar-refractivity contribution is -0.253. The zero-order valence-corrected chi connectivity index (χ0v) is 25.7. The molecule has 0 radical (unpaired) electrons. The number of hydrogen-bond donors (Lipinski definition) is 10. The van der Waals surface area contributed by atoms with Crippen molar-refractivity contribution in [2.24, 2.45) is 0 Å². The van der Waals surface area contributed by atoms with E-state index >= 15 is 0 Å². The van der Waals surface area contributed by atoms with Crippen LogP contribution in [-0.4, -0.2) is 127 Å². The highest BCUT2D eigenvalue weighted by Gasteiger charge is 2.45. The molecule has 0 saturated carbocycles. The Balaban J connectivity index is 1.36. The molecule has 2 heterocycles. The van der Waals surface area contributed by atoms with Gasteiger partial charge < -0.3 is 61.0 Å². The largest absolute Gasteiger partial charge is 0.394 e. The van der Waals surface area contributed by atoms with Crippen LogP contribution >= 0.6 is 0 Å². The maximum absolute atomic E-state index is 12.2. The Morgan fingerprint density at radius 2 is 0.727 bits per heavy atom. The molecular formula is C30H56N2O12. The van der Waals surface area contributed by atoms with Crippen LogP contribution in [0.5, 0.6) is 0 Å². The number of rotatable bonds is 21. The molecule has 0 unspecified atom stereocenters. The Hall–Kier alpha value is -1.46. The van der Waals surface area contributed by atoms with E-state index in [0.717, 1.165) is 51.4 Å². The molecule has 0 aromatic heterocycles. The first-order valence-corrected chi connectivity index (χ1v) is 16.3. The van der Waals surface area contributed by atoms with Crippen LogP contribution in [0, 0.1) is 0 Å². The average molecular weight is 637 g/mol. The minimum Gasteiger partial charge on any atom is -0.394 e. The molecule has 0 aromatic carbocycles. The van der Waals surface area contributed by atoms with Crippen LogP contribution in [-0.2, 0) is 19.1 Å². The van der Waals surface area contributed by atoms with Crippen LogP contribution < -0.4 is 10.6 Å². The average Bonchev–Trinajstić information content (AvgIpc) is 3.00. The number of amides is 2. The van der Waals surface area contributed by atoms with Gasteiger partial charge in [0.2, 0.25) is 11.8 Å². The first kappa shape index (κ1) is 38.7. The van der Waals surface area contributed by atoms with E-state index in [9.17, 15) is 40.2 Å². The minimum absolute atomic E-state index is 0.254. The zero-order valence-electron chi connectivity index (χ0n) is 25.7. The predicted octanol–water partition coefficient (Wildman–Crippen LogP) is -0.940. The smallest absolute Gasteiger partial charge is 0.220 e. The van der Waals surface area contributed by atoms with Crippen LogP contribution in [0.15, 0.2) is 0 Å². The standard InChI is InChI=1S/C30H56N2O12/c33-17-19-25(37)27(39)23(29(41)43-19)31-21(35)15-13-11-9-7-5-3-1-2-4-6-8-10-12-14-16-22(36)32-24-28(40)26(38)20(18-34)44-30(24)42/h19-20,23-30,33-34,37-42H,1-18H2,(H,31,35)(H,32,36)/t19-,20-,23-,24-,25-,26-,27-,28-,29+,30+/m1/s1. The molecule has 0 aromatic rings. The van der Waals surface area contributed by atoms with E-state index in [2.05, 4.69) is 10.6 Å². The van der Waals surface area contributed by atoms with Crippen molar-refractivity contribution in [3.05, 3.63) is 0 Å². The van der Waals surface area contributed by atoms with Gasteiger partial charge in [0.15, 0.2) is 12.6 Å². The molecule has 2 fully saturated rings. The summed E-state index contributed by atoms with van der Waals surface area (Å²) in [7, 11) is 0. The second-order valence-electron chi connectivity index (χ2n) is 12.1. The predicted molar refractivity (Wildman–Crippen MR) is 158 cm³/mol. The number of unbranched alkanes of at least 4 members (excludes halogenated alkanes) is 13. The van der Waals surface area contributed by atoms with E-state index in [-0.39, 0.29) is 24.7 Å². The highest BCUT2D eigenvalue weighted by Crippen LogP contribution is 2.21. The highest BCUT2D eigenvalue weighted by molar-refractivity contribution is 5.76. The normalized spacial score (nSPS) is 32.4. The second-order valence-corrected chi connectivity index (χ2v) is 12.1. The summed E-state index contributed by atoms with van der Waals surface area (Å²) < 4.78 is 10.1. The molecule has 258 valence electrons. The molecule has 10 atom stereocenters. The summed E-state index contributed by atoms with van der Waals surface area (Å²) in [6.45, 7) is -1.10. The third-order valence-electron chi connectivity index (χ3n) is 8.51. The van der Waals surface area contributed by atoms with E-state index in [0.29, 0.717) is 12.8 Å². The third kappa shape index (κ3) is 13.1. The van der Waals surface area contributed by atoms with Crippen LogP contribution in [0.1, 0.15) is 103 Å². The lowest BCUT2D eigenvalue weighted by Crippen LogP contribution is -2.64. The molecule has 2 aliphatic heterocycles. The van der Waals surface area contributed by atoms with Crippen LogP contribution in [0.25, 0.3) is 0 Å². The van der Waals surface area contributed by atoms with Crippen molar-refractivity contribution < 1.29 is 59.9 Å². The first-order chi connectivity index (χ1) is 21.1. The van der Waals surface area contributed by atoms with Gasteiger partial charge in [-0.25, -0.2) is 0 Å². The number of nitrogens with one attached hydrogen (secondary N) is 2. The van der Waals surface area contributed by atoms with Gasteiger partial charge in [-0.3, -0.25) is 9.59 Å². The summed E-state index contributed by atoms with van der Waals surface area (Å²) in [5, 5.41) is 83.1. The zero-order chi connectivity index (χ0) is 32.5. The monoisotopic (exact) mass is 636 g/mol. The van der Waals surface area contributed by atoms with E-state index in [1.807, 2.05) is 0 Å². The van der Waals surface area contributed by atoms with Crippen LogP contribution in [0.3, 0.4) is 0 Å². The van der Waals surface area contributed by atoms with Crippen LogP contribution in [0.4, 0.5) is 0 Å². The number of ether oxygens (including phenoxy) is 2. The maximum Gasteiger partial charge on any atom is 0.220 e. The third-order valence-corrected chi connectivity index (χ3v) is 8.51. The Labute approximate surface area is 259 Å². The SMILES string of the molecule is O=C(CCCCCCCCCCCCCCCCC(=O)N[C@@H]1[C@@H](O)[C@H](O)[C@@H](CO)O[C@@H]1O)N[C@@H]1[C@@H](O)[C@H](O)[C@@H](CO)O[C@@H]1O. The highest BCUT2D eigenvalue weighted by atomic mass is 16.6. The molecule has 0 bridgehead atoms. The van der Waals surface area contributed by atoms with Gasteiger partial charge in [0.05, 0.1) is 13.2 Å². The van der Waals surface area contributed by atoms with Gasteiger partial charge in [0, 0.05) is 12.8 Å². The lowest BCUT2D eigenvalue weighted by Gasteiger charge is -2.40. The number of carbonyl (C=O) groups is 2. The molecule has 2 amide bonds. The van der Waals surface area contributed by atoms with Crippen molar-refractivity contribution >= 4 is 11.8 Å². The molecule has 14 heteroatoms. The molecule has 14 nitrogen and oxygen atoms in total. The Bertz CT molecular complexity index is 744. The van der Waals surface area contributed by atoms with E-state index in [1.54, 1.807) is 0 Å². The Morgan fingerprint density at radius 1 is 0.455 bits per heavy atom. The number of carbonyl (C=O) groups excluding carboxylic acids is 2. The molecule has 0 aliphatic carbocycles. The fraction of sp³-hybridized carbons (Fsp3) is 0.933. The van der Waals surface area contributed by atoms with Gasteiger partial charge in [-0.1, -0.05) is 77.0 Å². The van der Waals surface area contributed by atoms with E-state index in [4.69, 9.17) is 19.7 Å². The number of hydrogen-bond acceptors (Lipinski definition) is 12. The van der Waals surface area contributed by atoms with Gasteiger partial charge in [-0.2, -0.15) is 0 Å². The number of aliphatic hydroxyl groups is 8. The fourth-order valence-electron chi connectivity index (χ4n) is 5.71. The Kier molecular flexibility index (Phi) is 18.8. The van der Waals surface area contributed by atoms with Crippen LogP contribution in [0.2, 0.25) is 0 Å². The molecule has 10 N–H and O–H groups in total. The maximum atomic E-state index is 12.2. The molecule has 2 aliphatic rings. The topological polar surface area (TPSA) is 238 Å². The summed E-state index contributed by atoms with van der Waals surface area (Å²) in [5.41, 5.74) is 0. The minimum atomic E-state index is -1.50. The summed E-state index contributed by atoms with van der Waals surface area (Å²) >= 11 is 0. The second kappa shape index (κ2) is 21.4. The number of aliphatic hydroxyl groups excluding tert-OH is 8. The van der Waals surface area contributed by atoms with Crippen molar-refractivity contribution in [2.45, 2.75) is 164 Å². The van der Waals surface area contributed by atoms with Crippen molar-refractivity contribution in [2.75, 3.05) is 13.2 Å². The molecule has 0 spiro atoms. The van der Waals surface area contributed by atoms with Gasteiger partial charge in [-0.05, 0) is 12.8 Å². The Morgan fingerprint density at radius 3 is 1.00 bits per heavy atom. The quantitative estimate of drug-likeness (QED) is 0.0687. The fourth-order valence-corrected chi connectivity index (χ4v) is 5.71. The van der Waals surface area contributed by atoms with Crippen molar-refractivity contribution in [1.82, 2.24) is 10.6 Å². The summed E-state index contributed by atoms with van der Waals surface area (Å²) in [6, 6.07) is -2.29. The molecule has 2 saturated heterocycles. The van der Waals surface area contributed by atoms with Gasteiger partial charge in [-0.15, -0.1) is 0 Å². The van der Waals surface area contributed by atoms with Crippen molar-refractivity contribution in [3.8, 4) is 0 Å². The van der Waals surface area contributed by atoms with Gasteiger partial charge >= 0.3 is 0 Å². The van der Waals surface area contributed by atoms with E-state index < -0.39 is 74.5 Å². The van der Waals surface area contributed by atoms with E-state index in [1.165, 1.54) is 25.7 Å².